The minimum absolute atomic E-state index is 0.758. The van der Waals surface area contributed by atoms with Gasteiger partial charge in [-0.1, -0.05) is 50.2 Å². The Morgan fingerprint density at radius 2 is 1.71 bits per heavy atom. The second-order valence-corrected chi connectivity index (χ2v) is 5.49. The Morgan fingerprint density at radius 1 is 0.952 bits per heavy atom. The van der Waals surface area contributed by atoms with Crippen molar-refractivity contribution in [3.8, 4) is 16.9 Å². The normalized spacial score (nSPS) is 12.3. The molecule has 0 saturated carbocycles. The standard InChI is InChI=1S/C19H23NO/c1-3-20(4-2)12-13-21-19-11-7-10-17-16-9-6-5-8-15(16)14-18(17)19/h5-11H,3-4,12-14H2,1-2H3. The van der Waals surface area contributed by atoms with Crippen molar-refractivity contribution in [1.29, 1.82) is 0 Å². The van der Waals surface area contributed by atoms with Crippen molar-refractivity contribution in [3.05, 3.63) is 53.6 Å². The van der Waals surface area contributed by atoms with Gasteiger partial charge in [0.05, 0.1) is 0 Å². The molecular weight excluding hydrogens is 258 g/mol. The average molecular weight is 281 g/mol. The molecule has 0 amide bonds. The summed E-state index contributed by atoms with van der Waals surface area (Å²) in [5.74, 6) is 1.05. The van der Waals surface area contributed by atoms with Gasteiger partial charge in [0.15, 0.2) is 0 Å². The van der Waals surface area contributed by atoms with Gasteiger partial charge in [-0.2, -0.15) is 0 Å². The quantitative estimate of drug-likeness (QED) is 0.677. The third-order valence-electron chi connectivity index (χ3n) is 4.37. The molecule has 0 aromatic heterocycles. The molecule has 0 bridgehead atoms. The van der Waals surface area contributed by atoms with E-state index in [9.17, 15) is 0 Å². The summed E-state index contributed by atoms with van der Waals surface area (Å²) in [6.45, 7) is 8.30. The van der Waals surface area contributed by atoms with E-state index in [2.05, 4.69) is 61.2 Å². The van der Waals surface area contributed by atoms with E-state index in [1.165, 1.54) is 22.3 Å². The largest absolute Gasteiger partial charge is 0.492 e. The van der Waals surface area contributed by atoms with Crippen LogP contribution < -0.4 is 4.74 Å². The highest BCUT2D eigenvalue weighted by Gasteiger charge is 2.21. The lowest BCUT2D eigenvalue weighted by molar-refractivity contribution is 0.222. The molecule has 1 aliphatic carbocycles. The van der Waals surface area contributed by atoms with E-state index in [0.717, 1.165) is 38.4 Å². The molecule has 0 atom stereocenters. The molecule has 0 radical (unpaired) electrons. The predicted molar refractivity (Wildman–Crippen MR) is 88.0 cm³/mol. The van der Waals surface area contributed by atoms with Crippen LogP contribution in [0.4, 0.5) is 0 Å². The molecule has 0 aliphatic heterocycles. The van der Waals surface area contributed by atoms with Gasteiger partial charge in [-0.05, 0) is 35.8 Å². The van der Waals surface area contributed by atoms with Gasteiger partial charge in [-0.15, -0.1) is 0 Å². The van der Waals surface area contributed by atoms with Crippen LogP contribution in [0.1, 0.15) is 25.0 Å². The first-order valence-electron chi connectivity index (χ1n) is 7.88. The fourth-order valence-electron chi connectivity index (χ4n) is 3.09. The second-order valence-electron chi connectivity index (χ2n) is 5.49. The van der Waals surface area contributed by atoms with Gasteiger partial charge >= 0.3 is 0 Å². The van der Waals surface area contributed by atoms with Gasteiger partial charge in [0, 0.05) is 18.5 Å². The third-order valence-corrected chi connectivity index (χ3v) is 4.37. The number of likely N-dealkylation sites (N-methyl/N-ethyl adjacent to an activating group) is 1. The van der Waals surface area contributed by atoms with Crippen LogP contribution in [0, 0.1) is 0 Å². The summed E-state index contributed by atoms with van der Waals surface area (Å²) in [5.41, 5.74) is 5.46. The first kappa shape index (κ1) is 14.2. The Bertz CT molecular complexity index is 617. The molecule has 3 rings (SSSR count). The van der Waals surface area contributed by atoms with E-state index in [1.807, 2.05) is 0 Å². The molecule has 0 fully saturated rings. The van der Waals surface area contributed by atoms with Crippen molar-refractivity contribution < 1.29 is 4.74 Å². The Kier molecular flexibility index (Phi) is 4.26. The summed E-state index contributed by atoms with van der Waals surface area (Å²) in [6, 6.07) is 15.1. The van der Waals surface area contributed by atoms with Crippen LogP contribution in [-0.2, 0) is 6.42 Å². The molecule has 0 heterocycles. The van der Waals surface area contributed by atoms with E-state index in [-0.39, 0.29) is 0 Å². The van der Waals surface area contributed by atoms with Crippen LogP contribution in [0.25, 0.3) is 11.1 Å². The Balaban J connectivity index is 1.75. The lowest BCUT2D eigenvalue weighted by atomic mass is 10.1. The molecule has 0 unspecified atom stereocenters. The zero-order chi connectivity index (χ0) is 14.7. The van der Waals surface area contributed by atoms with Crippen LogP contribution in [0.2, 0.25) is 0 Å². The number of hydrogen-bond donors (Lipinski definition) is 0. The summed E-state index contributed by atoms with van der Waals surface area (Å²) >= 11 is 0. The van der Waals surface area contributed by atoms with E-state index < -0.39 is 0 Å². The van der Waals surface area contributed by atoms with Crippen molar-refractivity contribution in [2.75, 3.05) is 26.2 Å². The van der Waals surface area contributed by atoms with E-state index in [0.29, 0.717) is 0 Å². The number of rotatable bonds is 6. The van der Waals surface area contributed by atoms with Crippen LogP contribution in [0.3, 0.4) is 0 Å². The fourth-order valence-corrected chi connectivity index (χ4v) is 3.09. The maximum absolute atomic E-state index is 6.07. The second kappa shape index (κ2) is 6.31. The molecule has 2 nitrogen and oxygen atoms in total. The summed E-state index contributed by atoms with van der Waals surface area (Å²) < 4.78 is 6.07. The summed E-state index contributed by atoms with van der Waals surface area (Å²) in [4.78, 5) is 2.39. The number of nitrogens with zero attached hydrogens (tertiary/aromatic N) is 1. The Labute approximate surface area is 127 Å². The Morgan fingerprint density at radius 3 is 2.52 bits per heavy atom. The molecule has 0 N–H and O–H groups in total. The fraction of sp³-hybridized carbons (Fsp3) is 0.368. The van der Waals surface area contributed by atoms with Crippen LogP contribution in [0.15, 0.2) is 42.5 Å². The van der Waals surface area contributed by atoms with Crippen molar-refractivity contribution in [2.24, 2.45) is 0 Å². The van der Waals surface area contributed by atoms with Gasteiger partial charge in [0.2, 0.25) is 0 Å². The summed E-state index contributed by atoms with van der Waals surface area (Å²) in [7, 11) is 0. The maximum Gasteiger partial charge on any atom is 0.123 e. The number of hydrogen-bond acceptors (Lipinski definition) is 2. The minimum atomic E-state index is 0.758. The molecule has 21 heavy (non-hydrogen) atoms. The average Bonchev–Trinajstić information content (AvgIpc) is 2.91. The number of ether oxygens (including phenoxy) is 1. The molecule has 0 spiro atoms. The molecular formula is C19H23NO. The van der Waals surface area contributed by atoms with Gasteiger partial charge in [0.25, 0.3) is 0 Å². The lowest BCUT2D eigenvalue weighted by Crippen LogP contribution is -2.28. The van der Waals surface area contributed by atoms with Crippen LogP contribution in [-0.4, -0.2) is 31.1 Å². The molecule has 2 aromatic carbocycles. The summed E-state index contributed by atoms with van der Waals surface area (Å²) in [5, 5.41) is 0. The zero-order valence-electron chi connectivity index (χ0n) is 12.9. The highest BCUT2D eigenvalue weighted by Crippen LogP contribution is 2.40. The van der Waals surface area contributed by atoms with Crippen molar-refractivity contribution in [1.82, 2.24) is 4.90 Å². The van der Waals surface area contributed by atoms with E-state index in [1.54, 1.807) is 0 Å². The minimum Gasteiger partial charge on any atom is -0.492 e. The van der Waals surface area contributed by atoms with Gasteiger partial charge in [-0.3, -0.25) is 0 Å². The molecule has 0 saturated heterocycles. The topological polar surface area (TPSA) is 12.5 Å². The molecule has 2 heteroatoms. The Hall–Kier alpha value is -1.80. The van der Waals surface area contributed by atoms with Crippen molar-refractivity contribution in [3.63, 3.8) is 0 Å². The smallest absolute Gasteiger partial charge is 0.123 e. The first-order chi connectivity index (χ1) is 10.3. The maximum atomic E-state index is 6.07. The zero-order valence-corrected chi connectivity index (χ0v) is 12.9. The monoisotopic (exact) mass is 281 g/mol. The lowest BCUT2D eigenvalue weighted by Gasteiger charge is -2.18. The third kappa shape index (κ3) is 2.81. The van der Waals surface area contributed by atoms with Crippen molar-refractivity contribution >= 4 is 0 Å². The molecule has 110 valence electrons. The SMILES string of the molecule is CCN(CC)CCOc1cccc2c1Cc1ccccc1-2. The van der Waals surface area contributed by atoms with Crippen LogP contribution in [0.5, 0.6) is 5.75 Å². The number of fused-ring (bicyclic) bond motifs is 3. The number of benzene rings is 2. The molecule has 1 aliphatic rings. The molecule has 2 aromatic rings. The first-order valence-corrected chi connectivity index (χ1v) is 7.88. The highest BCUT2D eigenvalue weighted by atomic mass is 16.5. The van der Waals surface area contributed by atoms with Crippen LogP contribution >= 0.6 is 0 Å². The van der Waals surface area contributed by atoms with Gasteiger partial charge in [0.1, 0.15) is 12.4 Å². The van der Waals surface area contributed by atoms with Crippen molar-refractivity contribution in [2.45, 2.75) is 20.3 Å². The highest BCUT2D eigenvalue weighted by molar-refractivity contribution is 5.78. The van der Waals surface area contributed by atoms with Gasteiger partial charge < -0.3 is 9.64 Å². The predicted octanol–water partition coefficient (Wildman–Crippen LogP) is 3.98. The van der Waals surface area contributed by atoms with Gasteiger partial charge in [-0.25, -0.2) is 0 Å². The van der Waals surface area contributed by atoms with E-state index >= 15 is 0 Å². The summed E-state index contributed by atoms with van der Waals surface area (Å²) in [6.07, 6.45) is 0.993. The van der Waals surface area contributed by atoms with E-state index in [4.69, 9.17) is 4.74 Å².